The van der Waals surface area contributed by atoms with Gasteiger partial charge in [0.25, 0.3) is 5.91 Å². The van der Waals surface area contributed by atoms with Gasteiger partial charge in [-0.1, -0.05) is 6.07 Å². The third-order valence-corrected chi connectivity index (χ3v) is 3.42. The third kappa shape index (κ3) is 3.01. The molecule has 1 aliphatic heterocycles. The first-order chi connectivity index (χ1) is 8.56. The molecular weight excluding hydrogens is 228 g/mol. The molecule has 1 amide bonds. The Morgan fingerprint density at radius 2 is 2.22 bits per heavy atom. The van der Waals surface area contributed by atoms with Gasteiger partial charge in [0.2, 0.25) is 0 Å². The van der Waals surface area contributed by atoms with Gasteiger partial charge in [-0.2, -0.15) is 0 Å². The Balaban J connectivity index is 1.87. The lowest BCUT2D eigenvalue weighted by Gasteiger charge is -2.16. The Kier molecular flexibility index (Phi) is 3.87. The summed E-state index contributed by atoms with van der Waals surface area (Å²) in [6.07, 6.45) is 0.884. The lowest BCUT2D eigenvalue weighted by molar-refractivity contribution is -0.132. The molecule has 2 N–H and O–H groups in total. The SMILES string of the molecule is Cc1ccc(OCC(=O)N2CCC(N)C2)cc1C. The second-order valence-corrected chi connectivity index (χ2v) is 4.92. The zero-order chi connectivity index (χ0) is 13.1. The summed E-state index contributed by atoms with van der Waals surface area (Å²) in [6, 6.07) is 5.97. The lowest BCUT2D eigenvalue weighted by Crippen LogP contribution is -2.35. The Hall–Kier alpha value is -1.55. The molecule has 1 aliphatic rings. The number of nitrogens with two attached hydrogens (primary N) is 1. The minimum atomic E-state index is 0.0150. The van der Waals surface area contributed by atoms with Crippen LogP contribution in [0.3, 0.4) is 0 Å². The van der Waals surface area contributed by atoms with Gasteiger partial charge >= 0.3 is 0 Å². The molecule has 1 fully saturated rings. The van der Waals surface area contributed by atoms with Crippen molar-refractivity contribution in [2.75, 3.05) is 19.7 Å². The van der Waals surface area contributed by atoms with E-state index in [9.17, 15) is 4.79 Å². The van der Waals surface area contributed by atoms with Crippen LogP contribution in [0.4, 0.5) is 0 Å². The minimum Gasteiger partial charge on any atom is -0.484 e. The van der Waals surface area contributed by atoms with E-state index in [1.807, 2.05) is 25.1 Å². The van der Waals surface area contributed by atoms with Crippen molar-refractivity contribution in [2.45, 2.75) is 26.3 Å². The predicted molar refractivity (Wildman–Crippen MR) is 70.6 cm³/mol. The average molecular weight is 248 g/mol. The number of aryl methyl sites for hydroxylation is 2. The highest BCUT2D eigenvalue weighted by Gasteiger charge is 2.23. The molecule has 0 saturated carbocycles. The Morgan fingerprint density at radius 3 is 2.83 bits per heavy atom. The number of hydrogen-bond donors (Lipinski definition) is 1. The maximum Gasteiger partial charge on any atom is 0.260 e. The van der Waals surface area contributed by atoms with Crippen LogP contribution in [0.15, 0.2) is 18.2 Å². The summed E-state index contributed by atoms with van der Waals surface area (Å²) >= 11 is 0. The largest absolute Gasteiger partial charge is 0.484 e. The number of carbonyl (C=O) groups is 1. The Labute approximate surface area is 108 Å². The zero-order valence-corrected chi connectivity index (χ0v) is 11.0. The summed E-state index contributed by atoms with van der Waals surface area (Å²) in [6.45, 7) is 5.57. The van der Waals surface area contributed by atoms with Crippen molar-refractivity contribution in [3.63, 3.8) is 0 Å². The number of nitrogens with zero attached hydrogens (tertiary/aromatic N) is 1. The van der Waals surface area contributed by atoms with Gasteiger partial charge in [0.1, 0.15) is 5.75 Å². The van der Waals surface area contributed by atoms with Crippen molar-refractivity contribution >= 4 is 5.91 Å². The molecule has 4 nitrogen and oxygen atoms in total. The first-order valence-corrected chi connectivity index (χ1v) is 6.29. The second-order valence-electron chi connectivity index (χ2n) is 4.92. The van der Waals surface area contributed by atoms with E-state index in [4.69, 9.17) is 10.5 Å². The van der Waals surface area contributed by atoms with Crippen LogP contribution < -0.4 is 10.5 Å². The van der Waals surface area contributed by atoms with Crippen LogP contribution in [0.25, 0.3) is 0 Å². The van der Waals surface area contributed by atoms with E-state index in [1.165, 1.54) is 11.1 Å². The lowest BCUT2D eigenvalue weighted by atomic mass is 10.1. The van der Waals surface area contributed by atoms with Crippen LogP contribution in [-0.4, -0.2) is 36.5 Å². The maximum atomic E-state index is 11.9. The molecule has 98 valence electrons. The van der Waals surface area contributed by atoms with E-state index in [0.717, 1.165) is 18.7 Å². The molecule has 0 spiro atoms. The van der Waals surface area contributed by atoms with Gasteiger partial charge in [-0.15, -0.1) is 0 Å². The summed E-state index contributed by atoms with van der Waals surface area (Å²) in [5.74, 6) is 0.760. The van der Waals surface area contributed by atoms with E-state index in [-0.39, 0.29) is 18.6 Å². The third-order valence-electron chi connectivity index (χ3n) is 3.42. The van der Waals surface area contributed by atoms with Gasteiger partial charge in [-0.05, 0) is 43.5 Å². The summed E-state index contributed by atoms with van der Waals surface area (Å²) in [5.41, 5.74) is 8.16. The number of benzene rings is 1. The van der Waals surface area contributed by atoms with Crippen LogP contribution in [0.5, 0.6) is 5.75 Å². The Morgan fingerprint density at radius 1 is 1.44 bits per heavy atom. The van der Waals surface area contributed by atoms with E-state index < -0.39 is 0 Å². The highest BCUT2D eigenvalue weighted by molar-refractivity contribution is 5.78. The van der Waals surface area contributed by atoms with E-state index in [2.05, 4.69) is 6.92 Å². The summed E-state index contributed by atoms with van der Waals surface area (Å²) in [7, 11) is 0. The quantitative estimate of drug-likeness (QED) is 0.875. The van der Waals surface area contributed by atoms with Gasteiger partial charge in [-0.3, -0.25) is 4.79 Å². The van der Waals surface area contributed by atoms with Crippen LogP contribution in [0.2, 0.25) is 0 Å². The fourth-order valence-corrected chi connectivity index (χ4v) is 2.05. The zero-order valence-electron chi connectivity index (χ0n) is 11.0. The number of carbonyl (C=O) groups excluding carboxylic acids is 1. The average Bonchev–Trinajstić information content (AvgIpc) is 2.77. The highest BCUT2D eigenvalue weighted by Crippen LogP contribution is 2.16. The number of likely N-dealkylation sites (tertiary alicyclic amines) is 1. The molecule has 1 heterocycles. The molecule has 1 aromatic rings. The van der Waals surface area contributed by atoms with Crippen LogP contribution in [0, 0.1) is 13.8 Å². The van der Waals surface area contributed by atoms with Crippen molar-refractivity contribution in [3.8, 4) is 5.75 Å². The molecule has 0 aliphatic carbocycles. The van der Waals surface area contributed by atoms with Crippen LogP contribution in [-0.2, 0) is 4.79 Å². The number of ether oxygens (including phenoxy) is 1. The van der Waals surface area contributed by atoms with Gasteiger partial charge in [-0.25, -0.2) is 0 Å². The molecule has 0 bridgehead atoms. The normalized spacial score (nSPS) is 19.1. The van der Waals surface area contributed by atoms with Crippen LogP contribution >= 0.6 is 0 Å². The van der Waals surface area contributed by atoms with Gasteiger partial charge in [0, 0.05) is 19.1 Å². The fourth-order valence-electron chi connectivity index (χ4n) is 2.05. The Bertz CT molecular complexity index is 445. The molecule has 1 unspecified atom stereocenters. The first kappa shape index (κ1) is 12.9. The molecule has 1 atom stereocenters. The van der Waals surface area contributed by atoms with Crippen molar-refractivity contribution in [2.24, 2.45) is 5.73 Å². The van der Waals surface area contributed by atoms with Crippen molar-refractivity contribution < 1.29 is 9.53 Å². The molecule has 1 saturated heterocycles. The van der Waals surface area contributed by atoms with Gasteiger partial charge < -0.3 is 15.4 Å². The summed E-state index contributed by atoms with van der Waals surface area (Å²) in [5, 5.41) is 0. The molecule has 1 aromatic carbocycles. The van der Waals surface area contributed by atoms with Crippen molar-refractivity contribution in [1.82, 2.24) is 4.90 Å². The van der Waals surface area contributed by atoms with Crippen molar-refractivity contribution in [3.05, 3.63) is 29.3 Å². The molecule has 0 aromatic heterocycles. The standard InChI is InChI=1S/C14H20N2O2/c1-10-3-4-13(7-11(10)2)18-9-14(17)16-6-5-12(15)8-16/h3-4,7,12H,5-6,8-9,15H2,1-2H3. The van der Waals surface area contributed by atoms with Gasteiger partial charge in [0.15, 0.2) is 6.61 Å². The number of amides is 1. The molecule has 2 rings (SSSR count). The van der Waals surface area contributed by atoms with E-state index in [0.29, 0.717) is 6.54 Å². The fraction of sp³-hybridized carbons (Fsp3) is 0.500. The molecule has 0 radical (unpaired) electrons. The minimum absolute atomic E-state index is 0.0150. The molecular formula is C14H20N2O2. The first-order valence-electron chi connectivity index (χ1n) is 6.29. The number of rotatable bonds is 3. The molecule has 4 heteroatoms. The second kappa shape index (κ2) is 5.40. The highest BCUT2D eigenvalue weighted by atomic mass is 16.5. The smallest absolute Gasteiger partial charge is 0.260 e. The summed E-state index contributed by atoms with van der Waals surface area (Å²) < 4.78 is 5.52. The van der Waals surface area contributed by atoms with E-state index in [1.54, 1.807) is 4.90 Å². The topological polar surface area (TPSA) is 55.6 Å². The van der Waals surface area contributed by atoms with Crippen LogP contribution in [0.1, 0.15) is 17.5 Å². The summed E-state index contributed by atoms with van der Waals surface area (Å²) in [4.78, 5) is 13.6. The monoisotopic (exact) mass is 248 g/mol. The van der Waals surface area contributed by atoms with Crippen molar-refractivity contribution in [1.29, 1.82) is 0 Å². The molecule has 18 heavy (non-hydrogen) atoms. The van der Waals surface area contributed by atoms with E-state index >= 15 is 0 Å². The van der Waals surface area contributed by atoms with Gasteiger partial charge in [0.05, 0.1) is 0 Å². The predicted octanol–water partition coefficient (Wildman–Crippen LogP) is 1.24. The maximum absolute atomic E-state index is 11.9. The number of hydrogen-bond acceptors (Lipinski definition) is 3.